The van der Waals surface area contributed by atoms with Crippen molar-refractivity contribution in [2.45, 2.75) is 0 Å². The van der Waals surface area contributed by atoms with Crippen molar-refractivity contribution < 1.29 is 4.74 Å². The van der Waals surface area contributed by atoms with Crippen LogP contribution in [0.15, 0.2) is 109 Å². The lowest BCUT2D eigenvalue weighted by Gasteiger charge is -2.22. The van der Waals surface area contributed by atoms with Gasteiger partial charge in [-0.05, 0) is 72.6 Å². The van der Waals surface area contributed by atoms with Gasteiger partial charge in [0.05, 0.1) is 0 Å². The molecule has 1 aliphatic heterocycles. The molecule has 1 nitrogen and oxygen atoms in total. The van der Waals surface area contributed by atoms with E-state index in [1.807, 2.05) is 6.07 Å². The van der Waals surface area contributed by atoms with Gasteiger partial charge in [-0.3, -0.25) is 0 Å². The van der Waals surface area contributed by atoms with Crippen LogP contribution in [0.3, 0.4) is 0 Å². The number of para-hydroxylation sites is 1. The summed E-state index contributed by atoms with van der Waals surface area (Å²) in [6.07, 6.45) is 0. The molecule has 152 valence electrons. The minimum atomic E-state index is 0.921. The Bertz CT molecular complexity index is 1880. The second-order valence-electron chi connectivity index (χ2n) is 8.95. The van der Waals surface area contributed by atoms with Gasteiger partial charge in [-0.15, -0.1) is 0 Å². The van der Waals surface area contributed by atoms with Gasteiger partial charge in [0, 0.05) is 10.9 Å². The van der Waals surface area contributed by atoms with Crippen molar-refractivity contribution in [3.8, 4) is 33.8 Å². The summed E-state index contributed by atoms with van der Waals surface area (Å²) in [6.45, 7) is 0. The molecule has 0 N–H and O–H groups in total. The highest BCUT2D eigenvalue weighted by atomic mass is 16.5. The van der Waals surface area contributed by atoms with Crippen LogP contribution in [0.4, 0.5) is 0 Å². The highest BCUT2D eigenvalue weighted by Crippen LogP contribution is 2.48. The zero-order chi connectivity index (χ0) is 21.5. The molecule has 0 aliphatic carbocycles. The minimum absolute atomic E-state index is 0.921. The van der Waals surface area contributed by atoms with Crippen LogP contribution in [0, 0.1) is 0 Å². The molecule has 0 fully saturated rings. The molecule has 8 rings (SSSR count). The monoisotopic (exact) mass is 418 g/mol. The average molecular weight is 418 g/mol. The third-order valence-corrected chi connectivity index (χ3v) is 7.18. The smallest absolute Gasteiger partial charge is 0.136 e. The SMILES string of the molecule is c1ccc2c(c1)Oc1cc(-c3ccc4ccc5cccc6ccc3c4c56)cc3cccc-2c13. The first-order chi connectivity index (χ1) is 16.3. The number of hydrogen-bond acceptors (Lipinski definition) is 1. The van der Waals surface area contributed by atoms with Crippen molar-refractivity contribution in [2.24, 2.45) is 0 Å². The lowest BCUT2D eigenvalue weighted by atomic mass is 9.88. The number of fused-ring (bicyclic) bond motifs is 2. The number of ether oxygens (including phenoxy) is 1. The van der Waals surface area contributed by atoms with E-state index in [4.69, 9.17) is 4.74 Å². The van der Waals surface area contributed by atoms with E-state index in [1.54, 1.807) is 0 Å². The first-order valence-corrected chi connectivity index (χ1v) is 11.4. The standard InChI is InChI=1S/C32H18O/c1-2-10-28-25(8-1)26-9-4-7-22-17-23(18-29(33-28)31(22)26)24-15-13-21-12-11-19-5-3-6-20-14-16-27(24)32(21)30(19)20/h1-18H. The Hall–Kier alpha value is -4.36. The maximum atomic E-state index is 6.44. The van der Waals surface area contributed by atoms with Crippen LogP contribution in [0.2, 0.25) is 0 Å². The summed E-state index contributed by atoms with van der Waals surface area (Å²) in [5, 5.41) is 10.3. The van der Waals surface area contributed by atoms with Gasteiger partial charge in [-0.1, -0.05) is 91.0 Å². The van der Waals surface area contributed by atoms with Crippen LogP contribution >= 0.6 is 0 Å². The highest BCUT2D eigenvalue weighted by Gasteiger charge is 2.21. The molecular formula is C32H18O. The molecule has 0 radical (unpaired) electrons. The summed E-state index contributed by atoms with van der Waals surface area (Å²) in [5.41, 5.74) is 4.83. The van der Waals surface area contributed by atoms with E-state index in [2.05, 4.69) is 103 Å². The van der Waals surface area contributed by atoms with Gasteiger partial charge in [0.25, 0.3) is 0 Å². The largest absolute Gasteiger partial charge is 0.456 e. The zero-order valence-electron chi connectivity index (χ0n) is 17.8. The molecule has 33 heavy (non-hydrogen) atoms. The van der Waals surface area contributed by atoms with Gasteiger partial charge in [0.15, 0.2) is 0 Å². The second kappa shape index (κ2) is 6.11. The number of benzene rings is 7. The molecule has 0 unspecified atom stereocenters. The Morgan fingerprint density at radius 3 is 2.00 bits per heavy atom. The molecule has 0 bridgehead atoms. The van der Waals surface area contributed by atoms with E-state index in [0.29, 0.717) is 0 Å². The molecule has 7 aromatic carbocycles. The molecular weight excluding hydrogens is 400 g/mol. The molecule has 0 spiro atoms. The van der Waals surface area contributed by atoms with Crippen molar-refractivity contribution in [2.75, 3.05) is 0 Å². The van der Waals surface area contributed by atoms with Crippen LogP contribution in [0.1, 0.15) is 0 Å². The van der Waals surface area contributed by atoms with Crippen molar-refractivity contribution in [3.63, 3.8) is 0 Å². The Balaban J connectivity index is 1.46. The Kier molecular flexibility index (Phi) is 3.19. The Labute approximate surface area is 190 Å². The zero-order valence-corrected chi connectivity index (χ0v) is 17.8. The van der Waals surface area contributed by atoms with E-state index in [0.717, 1.165) is 17.1 Å². The predicted octanol–water partition coefficient (Wildman–Crippen LogP) is 9.18. The van der Waals surface area contributed by atoms with Crippen molar-refractivity contribution in [3.05, 3.63) is 109 Å². The van der Waals surface area contributed by atoms with Gasteiger partial charge >= 0.3 is 0 Å². The molecule has 0 saturated carbocycles. The third kappa shape index (κ3) is 2.26. The third-order valence-electron chi connectivity index (χ3n) is 7.18. The summed E-state index contributed by atoms with van der Waals surface area (Å²) in [4.78, 5) is 0. The molecule has 1 aliphatic rings. The summed E-state index contributed by atoms with van der Waals surface area (Å²) in [5.74, 6) is 1.85. The van der Waals surface area contributed by atoms with Crippen molar-refractivity contribution in [1.82, 2.24) is 0 Å². The number of hydrogen-bond donors (Lipinski definition) is 0. The van der Waals surface area contributed by atoms with E-state index < -0.39 is 0 Å². The summed E-state index contributed by atoms with van der Waals surface area (Å²) < 4.78 is 6.44. The second-order valence-corrected chi connectivity index (χ2v) is 8.95. The first-order valence-electron chi connectivity index (χ1n) is 11.4. The lowest BCUT2D eigenvalue weighted by Crippen LogP contribution is -1.97. The quantitative estimate of drug-likeness (QED) is 0.241. The molecule has 7 aromatic rings. The van der Waals surface area contributed by atoms with E-state index >= 15 is 0 Å². The fourth-order valence-corrected chi connectivity index (χ4v) is 5.73. The van der Waals surface area contributed by atoms with Gasteiger partial charge in [-0.2, -0.15) is 0 Å². The molecule has 0 amide bonds. The lowest BCUT2D eigenvalue weighted by molar-refractivity contribution is 0.487. The van der Waals surface area contributed by atoms with E-state index in [1.165, 1.54) is 59.8 Å². The van der Waals surface area contributed by atoms with E-state index in [9.17, 15) is 0 Å². The van der Waals surface area contributed by atoms with Crippen LogP contribution in [0.5, 0.6) is 11.5 Å². The van der Waals surface area contributed by atoms with Crippen LogP contribution in [-0.4, -0.2) is 0 Å². The topological polar surface area (TPSA) is 9.23 Å². The van der Waals surface area contributed by atoms with Crippen molar-refractivity contribution >= 4 is 43.1 Å². The molecule has 0 saturated heterocycles. The van der Waals surface area contributed by atoms with Crippen molar-refractivity contribution in [1.29, 1.82) is 0 Å². The average Bonchev–Trinajstić information content (AvgIpc) is 2.87. The normalized spacial score (nSPS) is 12.5. The predicted molar refractivity (Wildman–Crippen MR) is 139 cm³/mol. The highest BCUT2D eigenvalue weighted by molar-refractivity contribution is 6.25. The molecule has 1 heteroatoms. The van der Waals surface area contributed by atoms with Gasteiger partial charge in [-0.25, -0.2) is 0 Å². The molecule has 0 aromatic heterocycles. The van der Waals surface area contributed by atoms with Crippen LogP contribution < -0.4 is 4.74 Å². The molecule has 1 heterocycles. The fraction of sp³-hybridized carbons (Fsp3) is 0. The summed E-state index contributed by atoms with van der Waals surface area (Å²) in [7, 11) is 0. The van der Waals surface area contributed by atoms with E-state index in [-0.39, 0.29) is 0 Å². The summed E-state index contributed by atoms with van der Waals surface area (Å²) in [6, 6.07) is 39.5. The minimum Gasteiger partial charge on any atom is -0.456 e. The van der Waals surface area contributed by atoms with Gasteiger partial charge in [0.2, 0.25) is 0 Å². The van der Waals surface area contributed by atoms with Crippen LogP contribution in [-0.2, 0) is 0 Å². The van der Waals surface area contributed by atoms with Gasteiger partial charge in [0.1, 0.15) is 11.5 Å². The first kappa shape index (κ1) is 17.2. The number of rotatable bonds is 1. The molecule has 0 atom stereocenters. The maximum absolute atomic E-state index is 6.44. The van der Waals surface area contributed by atoms with Crippen LogP contribution in [0.25, 0.3) is 65.3 Å². The summed E-state index contributed by atoms with van der Waals surface area (Å²) >= 11 is 0. The fourth-order valence-electron chi connectivity index (χ4n) is 5.73. The Morgan fingerprint density at radius 2 is 1.09 bits per heavy atom. The maximum Gasteiger partial charge on any atom is 0.136 e. The Morgan fingerprint density at radius 1 is 0.394 bits per heavy atom. The van der Waals surface area contributed by atoms with Gasteiger partial charge < -0.3 is 4.74 Å².